The third kappa shape index (κ3) is 2.36. The minimum atomic E-state index is -0.221. The molecule has 0 fully saturated rings. The molecule has 0 aliphatic carbocycles. The van der Waals surface area contributed by atoms with Gasteiger partial charge in [0.15, 0.2) is 0 Å². The molecule has 0 radical (unpaired) electrons. The molecule has 0 bridgehead atoms. The monoisotopic (exact) mass is 220 g/mol. The third-order valence-electron chi connectivity index (χ3n) is 3.09. The summed E-state index contributed by atoms with van der Waals surface area (Å²) in [4.78, 5) is 0. The first-order valence-corrected chi connectivity index (χ1v) is 5.83. The Labute approximate surface area is 96.9 Å². The van der Waals surface area contributed by atoms with Gasteiger partial charge in [-0.1, -0.05) is 18.2 Å². The van der Waals surface area contributed by atoms with E-state index in [-0.39, 0.29) is 12.1 Å². The second-order valence-corrected chi connectivity index (χ2v) is 5.02. The van der Waals surface area contributed by atoms with Crippen LogP contribution in [0.3, 0.4) is 0 Å². The Morgan fingerprint density at radius 3 is 3.00 bits per heavy atom. The maximum Gasteiger partial charge on any atom is 0.0607 e. The summed E-state index contributed by atoms with van der Waals surface area (Å²) in [6.45, 7) is 5.99. The molecule has 16 heavy (non-hydrogen) atoms. The van der Waals surface area contributed by atoms with Gasteiger partial charge in [-0.25, -0.2) is 0 Å². The lowest BCUT2D eigenvalue weighted by Crippen LogP contribution is -2.42. The van der Waals surface area contributed by atoms with Crippen molar-refractivity contribution in [2.45, 2.75) is 32.4 Å². The number of para-hydroxylation sites is 1. The first-order valence-electron chi connectivity index (χ1n) is 5.83. The zero-order valence-corrected chi connectivity index (χ0v) is 10.0. The van der Waals surface area contributed by atoms with Gasteiger partial charge in [0.2, 0.25) is 0 Å². The van der Waals surface area contributed by atoms with Crippen LogP contribution in [0.1, 0.15) is 25.0 Å². The number of hydrogen-bond acceptors (Lipinski definition) is 3. The fourth-order valence-corrected chi connectivity index (χ4v) is 1.95. The molecule has 1 aromatic rings. The minimum absolute atomic E-state index is 0.148. The molecule has 0 spiro atoms. The van der Waals surface area contributed by atoms with Crippen molar-refractivity contribution < 1.29 is 5.11 Å². The van der Waals surface area contributed by atoms with E-state index >= 15 is 0 Å². The Morgan fingerprint density at radius 2 is 2.25 bits per heavy atom. The average Bonchev–Trinajstić information content (AvgIpc) is 2.75. The van der Waals surface area contributed by atoms with E-state index in [0.717, 1.165) is 19.5 Å². The van der Waals surface area contributed by atoms with Crippen LogP contribution in [0, 0.1) is 0 Å². The van der Waals surface area contributed by atoms with Gasteiger partial charge in [0.05, 0.1) is 6.61 Å². The van der Waals surface area contributed by atoms with E-state index in [2.05, 4.69) is 28.8 Å². The van der Waals surface area contributed by atoms with Crippen LogP contribution in [-0.4, -0.2) is 23.8 Å². The quantitative estimate of drug-likeness (QED) is 0.721. The first kappa shape index (κ1) is 11.4. The van der Waals surface area contributed by atoms with Crippen LogP contribution in [0.4, 0.5) is 5.69 Å². The van der Waals surface area contributed by atoms with Gasteiger partial charge in [-0.3, -0.25) is 0 Å². The smallest absolute Gasteiger partial charge is 0.0607 e. The molecule has 3 N–H and O–H groups in total. The zero-order chi connectivity index (χ0) is 11.6. The second-order valence-electron chi connectivity index (χ2n) is 5.02. The molecular formula is C13H20N2O. The van der Waals surface area contributed by atoms with Crippen molar-refractivity contribution in [1.82, 2.24) is 5.32 Å². The van der Waals surface area contributed by atoms with Gasteiger partial charge in [0, 0.05) is 24.3 Å². The molecule has 0 saturated carbocycles. The van der Waals surface area contributed by atoms with Crippen LogP contribution in [-0.2, 0) is 13.0 Å². The molecule has 1 aliphatic rings. The van der Waals surface area contributed by atoms with Crippen molar-refractivity contribution in [3.8, 4) is 0 Å². The Kier molecular flexibility index (Phi) is 3.17. The molecule has 3 heteroatoms. The summed E-state index contributed by atoms with van der Waals surface area (Å²) in [5.74, 6) is 0. The lowest BCUT2D eigenvalue weighted by Gasteiger charge is -2.24. The Morgan fingerprint density at radius 1 is 1.44 bits per heavy atom. The maximum absolute atomic E-state index is 9.19. The van der Waals surface area contributed by atoms with Gasteiger partial charge in [-0.2, -0.15) is 0 Å². The summed E-state index contributed by atoms with van der Waals surface area (Å²) < 4.78 is 0. The Balaban J connectivity index is 2.08. The van der Waals surface area contributed by atoms with E-state index in [1.54, 1.807) is 0 Å². The largest absolute Gasteiger partial charge is 0.394 e. The molecular weight excluding hydrogens is 200 g/mol. The number of hydrogen-bond donors (Lipinski definition) is 3. The highest BCUT2D eigenvalue weighted by molar-refractivity contribution is 5.61. The average molecular weight is 220 g/mol. The van der Waals surface area contributed by atoms with Gasteiger partial charge < -0.3 is 15.7 Å². The van der Waals surface area contributed by atoms with E-state index in [9.17, 15) is 5.11 Å². The lowest BCUT2D eigenvalue weighted by atomic mass is 10.0. The predicted molar refractivity (Wildman–Crippen MR) is 66.6 cm³/mol. The lowest BCUT2D eigenvalue weighted by molar-refractivity contribution is 0.187. The molecule has 0 atom stereocenters. The molecule has 0 saturated heterocycles. The van der Waals surface area contributed by atoms with Crippen LogP contribution in [0.5, 0.6) is 0 Å². The normalized spacial score (nSPS) is 14.7. The van der Waals surface area contributed by atoms with E-state index in [0.29, 0.717) is 0 Å². The number of fused-ring (bicyclic) bond motifs is 1. The SMILES string of the molecule is CC(C)(CO)NCc1cccc2c1NCC2. The summed E-state index contributed by atoms with van der Waals surface area (Å²) in [6.07, 6.45) is 1.12. The molecule has 0 aromatic heterocycles. The molecule has 88 valence electrons. The van der Waals surface area contributed by atoms with Crippen LogP contribution in [0.2, 0.25) is 0 Å². The topological polar surface area (TPSA) is 44.3 Å². The van der Waals surface area contributed by atoms with Gasteiger partial charge >= 0.3 is 0 Å². The van der Waals surface area contributed by atoms with Gasteiger partial charge in [-0.15, -0.1) is 0 Å². The zero-order valence-electron chi connectivity index (χ0n) is 10.0. The fourth-order valence-electron chi connectivity index (χ4n) is 1.95. The number of rotatable bonds is 4. The molecule has 1 heterocycles. The summed E-state index contributed by atoms with van der Waals surface area (Å²) in [7, 11) is 0. The molecule has 0 unspecified atom stereocenters. The summed E-state index contributed by atoms with van der Waals surface area (Å²) in [6, 6.07) is 6.42. The predicted octanol–water partition coefficient (Wildman–Crippen LogP) is 1.52. The summed E-state index contributed by atoms with van der Waals surface area (Å²) >= 11 is 0. The van der Waals surface area contributed by atoms with Crippen LogP contribution < -0.4 is 10.6 Å². The van der Waals surface area contributed by atoms with E-state index in [1.165, 1.54) is 16.8 Å². The number of anilines is 1. The van der Waals surface area contributed by atoms with Crippen molar-refractivity contribution in [2.75, 3.05) is 18.5 Å². The first-order chi connectivity index (χ1) is 7.62. The van der Waals surface area contributed by atoms with Gasteiger partial charge in [-0.05, 0) is 31.4 Å². The van der Waals surface area contributed by atoms with Crippen LogP contribution in [0.25, 0.3) is 0 Å². The Bertz CT molecular complexity index is 374. The third-order valence-corrected chi connectivity index (χ3v) is 3.09. The van der Waals surface area contributed by atoms with Crippen LogP contribution >= 0.6 is 0 Å². The minimum Gasteiger partial charge on any atom is -0.394 e. The number of aliphatic hydroxyl groups excluding tert-OH is 1. The highest BCUT2D eigenvalue weighted by atomic mass is 16.3. The number of benzene rings is 1. The Hall–Kier alpha value is -1.06. The molecule has 3 nitrogen and oxygen atoms in total. The summed E-state index contributed by atoms with van der Waals surface area (Å²) in [5.41, 5.74) is 3.75. The van der Waals surface area contributed by atoms with Crippen molar-refractivity contribution in [1.29, 1.82) is 0 Å². The molecule has 0 amide bonds. The van der Waals surface area contributed by atoms with Gasteiger partial charge in [0.25, 0.3) is 0 Å². The highest BCUT2D eigenvalue weighted by Gasteiger charge is 2.18. The van der Waals surface area contributed by atoms with Crippen molar-refractivity contribution in [3.05, 3.63) is 29.3 Å². The van der Waals surface area contributed by atoms with E-state index in [1.807, 2.05) is 13.8 Å². The summed E-state index contributed by atoms with van der Waals surface area (Å²) in [5, 5.41) is 16.0. The maximum atomic E-state index is 9.19. The fraction of sp³-hybridized carbons (Fsp3) is 0.538. The van der Waals surface area contributed by atoms with E-state index in [4.69, 9.17) is 0 Å². The second kappa shape index (κ2) is 4.44. The van der Waals surface area contributed by atoms with Crippen LogP contribution in [0.15, 0.2) is 18.2 Å². The van der Waals surface area contributed by atoms with Crippen molar-refractivity contribution in [2.24, 2.45) is 0 Å². The standard InChI is InChI=1S/C13H20N2O/c1-13(2,9-16)15-8-11-5-3-4-10-6-7-14-12(10)11/h3-5,14-16H,6-9H2,1-2H3. The van der Waals surface area contributed by atoms with Crippen molar-refractivity contribution >= 4 is 5.69 Å². The van der Waals surface area contributed by atoms with Gasteiger partial charge in [0.1, 0.15) is 0 Å². The molecule has 1 aromatic carbocycles. The van der Waals surface area contributed by atoms with E-state index < -0.39 is 0 Å². The number of aliphatic hydroxyl groups is 1. The van der Waals surface area contributed by atoms with Crippen molar-refractivity contribution in [3.63, 3.8) is 0 Å². The highest BCUT2D eigenvalue weighted by Crippen LogP contribution is 2.26. The molecule has 1 aliphatic heterocycles. The number of nitrogens with one attached hydrogen (secondary N) is 2. The molecule has 2 rings (SSSR count).